The van der Waals surface area contributed by atoms with Gasteiger partial charge in [0.1, 0.15) is 0 Å². The molecular weight excluding hydrogens is 886 g/mol. The number of allylic oxidation sites excluding steroid dienone is 1. The van der Waals surface area contributed by atoms with Gasteiger partial charge in [0.25, 0.3) is 0 Å². The summed E-state index contributed by atoms with van der Waals surface area (Å²) < 4.78 is 9.10. The molecular formula is C39H35Cl2RhSb2. The Bertz CT molecular complexity index is 1250. The van der Waals surface area contributed by atoms with Crippen LogP contribution in [-0.4, -0.2) is 40.4 Å². The van der Waals surface area contributed by atoms with Gasteiger partial charge in [-0.3, -0.25) is 0 Å². The molecule has 0 saturated heterocycles. The minimum atomic E-state index is -1.83. The van der Waals surface area contributed by atoms with Crippen molar-refractivity contribution in [1.82, 2.24) is 0 Å². The molecule has 0 aromatic heterocycles. The zero-order valence-corrected chi connectivity index (χ0v) is 32.6. The molecule has 44 heavy (non-hydrogen) atoms. The molecule has 5 heteroatoms. The van der Waals surface area contributed by atoms with Crippen LogP contribution in [0.1, 0.15) is 0 Å². The first-order valence-corrected chi connectivity index (χ1v) is 25.8. The second kappa shape index (κ2) is 22.4. The SMILES string of the molecule is [CH2]C=C.[Cl][Rh][Cl].c1cc[c]([Sb]([c]2ccccc2)[c]2ccccc2)cc1.c1cc[c]([Sb]([c]2ccccc2)[c]2ccccc2)cc1. The van der Waals surface area contributed by atoms with E-state index in [9.17, 15) is 0 Å². The van der Waals surface area contributed by atoms with Crippen molar-refractivity contribution in [3.63, 3.8) is 0 Å². The van der Waals surface area contributed by atoms with Crippen molar-refractivity contribution in [3.8, 4) is 0 Å². The van der Waals surface area contributed by atoms with E-state index in [1.807, 2.05) is 0 Å². The van der Waals surface area contributed by atoms with E-state index in [-0.39, 0.29) is 15.1 Å². The van der Waals surface area contributed by atoms with E-state index >= 15 is 0 Å². The maximum atomic E-state index is 4.83. The second-order valence-corrected chi connectivity index (χ2v) is 24.2. The molecule has 224 valence electrons. The molecule has 0 N–H and O–H groups in total. The van der Waals surface area contributed by atoms with E-state index in [1.165, 1.54) is 27.1 Å². The molecule has 0 aliphatic heterocycles. The molecule has 0 nitrogen and oxygen atoms in total. The summed E-state index contributed by atoms with van der Waals surface area (Å²) in [6, 6.07) is 65.8. The third-order valence-electron chi connectivity index (χ3n) is 6.09. The normalized spacial score (nSPS) is 9.93. The Morgan fingerprint density at radius 2 is 0.477 bits per heavy atom. The quantitative estimate of drug-likeness (QED) is 0.162. The molecule has 0 aliphatic carbocycles. The Balaban J connectivity index is 0.000000204. The van der Waals surface area contributed by atoms with E-state index in [1.54, 1.807) is 0 Å². The number of hydrogen-bond donors (Lipinski definition) is 0. The summed E-state index contributed by atoms with van der Waals surface area (Å²) in [6.07, 6.45) is 1.50. The molecule has 0 heterocycles. The molecule has 0 unspecified atom stereocenters. The van der Waals surface area contributed by atoms with Gasteiger partial charge in [0, 0.05) is 0 Å². The van der Waals surface area contributed by atoms with Gasteiger partial charge >= 0.3 is 278 Å². The zero-order valence-electron chi connectivity index (χ0n) is 24.3. The fraction of sp³-hybridized carbons (Fsp3) is 0. The van der Waals surface area contributed by atoms with Gasteiger partial charge < -0.3 is 0 Å². The van der Waals surface area contributed by atoms with Crippen LogP contribution in [-0.2, 0) is 15.1 Å². The van der Waals surface area contributed by atoms with Crippen molar-refractivity contribution in [2.24, 2.45) is 0 Å². The Morgan fingerprint density at radius 3 is 0.591 bits per heavy atom. The van der Waals surface area contributed by atoms with Crippen LogP contribution in [0.4, 0.5) is 0 Å². The third kappa shape index (κ3) is 12.4. The molecule has 0 bridgehead atoms. The van der Waals surface area contributed by atoms with Gasteiger partial charge in [0.2, 0.25) is 0 Å². The van der Waals surface area contributed by atoms with Gasteiger partial charge in [0.15, 0.2) is 0 Å². The summed E-state index contributed by atoms with van der Waals surface area (Å²) in [5.41, 5.74) is 0. The van der Waals surface area contributed by atoms with Crippen LogP contribution in [0.3, 0.4) is 0 Å². The van der Waals surface area contributed by atoms with Crippen molar-refractivity contribution >= 4 is 80.9 Å². The zero-order chi connectivity index (χ0) is 31.2. The van der Waals surface area contributed by atoms with Crippen LogP contribution in [0.15, 0.2) is 195 Å². The third-order valence-corrected chi connectivity index (χ3v) is 20.0. The van der Waals surface area contributed by atoms with Crippen molar-refractivity contribution < 1.29 is 15.1 Å². The minimum absolute atomic E-state index is 0.226. The maximum absolute atomic E-state index is 4.83. The number of halogens is 2. The molecule has 6 aromatic rings. The van der Waals surface area contributed by atoms with Crippen LogP contribution in [0.2, 0.25) is 0 Å². The molecule has 0 amide bonds. The number of benzene rings is 6. The first-order valence-electron chi connectivity index (χ1n) is 13.9. The fourth-order valence-corrected chi connectivity index (χ4v) is 17.5. The van der Waals surface area contributed by atoms with E-state index in [0.717, 1.165) is 0 Å². The van der Waals surface area contributed by atoms with Gasteiger partial charge in [-0.25, -0.2) is 0 Å². The van der Waals surface area contributed by atoms with Gasteiger partial charge in [-0.15, -0.1) is 6.58 Å². The Morgan fingerprint density at radius 1 is 0.364 bits per heavy atom. The number of hydrogen-bond acceptors (Lipinski definition) is 0. The summed E-state index contributed by atoms with van der Waals surface area (Å²) in [6.45, 7) is 6.50. The molecule has 6 aromatic carbocycles. The summed E-state index contributed by atoms with van der Waals surface area (Å²) >= 11 is -3.88. The van der Waals surface area contributed by atoms with E-state index in [2.05, 4.69) is 195 Å². The standard InChI is InChI=1S/6C6H5.C3H5.2ClH.Rh.2Sb/c6*1-2-4-6-5-3-1;1-3-2;;;;;/h6*1-5H;3H,1-2H2;2*1H;;;/q;;;;;;;;;+2;;/p-2. The second-order valence-electron chi connectivity index (χ2n) is 9.02. The fourth-order valence-electron chi connectivity index (χ4n) is 4.36. The monoisotopic (exact) mass is 918 g/mol. The molecule has 0 spiro atoms. The van der Waals surface area contributed by atoms with Crippen LogP contribution in [0, 0.1) is 6.92 Å². The first-order chi connectivity index (χ1) is 21.7. The average Bonchev–Trinajstić information content (AvgIpc) is 3.09. The number of rotatable bonds is 6. The summed E-state index contributed by atoms with van der Waals surface area (Å²) in [7, 11) is 9.67. The van der Waals surface area contributed by atoms with Crippen LogP contribution in [0.5, 0.6) is 0 Å². The molecule has 0 fully saturated rings. The topological polar surface area (TPSA) is 0 Å². The van der Waals surface area contributed by atoms with Crippen molar-refractivity contribution in [2.45, 2.75) is 0 Å². The van der Waals surface area contributed by atoms with Crippen molar-refractivity contribution in [2.75, 3.05) is 0 Å². The molecule has 0 atom stereocenters. The molecule has 0 saturated carbocycles. The van der Waals surface area contributed by atoms with Gasteiger partial charge in [-0.1, -0.05) is 6.08 Å². The summed E-state index contributed by atoms with van der Waals surface area (Å²) in [4.78, 5) is 0. The van der Waals surface area contributed by atoms with E-state index in [0.29, 0.717) is 0 Å². The molecule has 6 rings (SSSR count). The van der Waals surface area contributed by atoms with Crippen molar-refractivity contribution in [1.29, 1.82) is 0 Å². The first kappa shape index (κ1) is 36.4. The van der Waals surface area contributed by atoms with Gasteiger partial charge in [-0.2, -0.15) is 0 Å². The summed E-state index contributed by atoms with van der Waals surface area (Å²) in [5, 5.41) is 0. The summed E-state index contributed by atoms with van der Waals surface area (Å²) in [5.74, 6) is 0. The van der Waals surface area contributed by atoms with E-state index in [4.69, 9.17) is 19.4 Å². The van der Waals surface area contributed by atoms with Gasteiger partial charge in [-0.05, 0) is 6.92 Å². The Labute approximate surface area is 294 Å². The predicted octanol–water partition coefficient (Wildman–Crippen LogP) is 6.79. The molecule has 1 radical (unpaired) electrons. The van der Waals surface area contributed by atoms with E-state index < -0.39 is 40.4 Å². The van der Waals surface area contributed by atoms with Gasteiger partial charge in [0.05, 0.1) is 0 Å². The predicted molar refractivity (Wildman–Crippen MR) is 195 cm³/mol. The van der Waals surface area contributed by atoms with Crippen LogP contribution in [0.25, 0.3) is 0 Å². The Kier molecular flexibility index (Phi) is 18.5. The average molecular weight is 921 g/mol. The Hall–Kier alpha value is -2.10. The van der Waals surface area contributed by atoms with Crippen LogP contribution >= 0.6 is 19.4 Å². The van der Waals surface area contributed by atoms with Crippen LogP contribution < -0.4 is 21.1 Å². The molecule has 0 aliphatic rings. The van der Waals surface area contributed by atoms with Crippen molar-refractivity contribution in [3.05, 3.63) is 202 Å².